The smallest absolute Gasteiger partial charge is 0.123 e. The van der Waals surface area contributed by atoms with Crippen LogP contribution in [0.25, 0.3) is 10.9 Å². The van der Waals surface area contributed by atoms with Gasteiger partial charge in [-0.3, -0.25) is 0 Å². The van der Waals surface area contributed by atoms with Crippen molar-refractivity contribution in [2.45, 2.75) is 26.8 Å². The van der Waals surface area contributed by atoms with Crippen molar-refractivity contribution in [2.75, 3.05) is 0 Å². The summed E-state index contributed by atoms with van der Waals surface area (Å²) < 4.78 is 15.4. The Balaban J connectivity index is 2.11. The molecule has 0 atom stereocenters. The molecule has 0 bridgehead atoms. The predicted molar refractivity (Wildman–Crippen MR) is 81.6 cm³/mol. The van der Waals surface area contributed by atoms with Crippen LogP contribution in [0.4, 0.5) is 4.39 Å². The topological polar surface area (TPSA) is 4.93 Å². The molecule has 1 nitrogen and oxygen atoms in total. The van der Waals surface area contributed by atoms with E-state index in [1.54, 1.807) is 0 Å². The molecule has 0 aliphatic rings. The molecule has 3 rings (SSSR count). The van der Waals surface area contributed by atoms with E-state index in [9.17, 15) is 4.39 Å². The van der Waals surface area contributed by atoms with E-state index >= 15 is 0 Å². The SMILES string of the molecule is CCn1c(C)c(Cc2ccc(F)cc2)c2ccccc21. The number of halogens is 1. The van der Waals surface area contributed by atoms with Crippen LogP contribution < -0.4 is 0 Å². The maximum Gasteiger partial charge on any atom is 0.123 e. The van der Waals surface area contributed by atoms with Crippen LogP contribution in [0.1, 0.15) is 23.7 Å². The normalized spacial score (nSPS) is 11.2. The third-order valence-corrected chi connectivity index (χ3v) is 3.97. The quantitative estimate of drug-likeness (QED) is 0.648. The summed E-state index contributed by atoms with van der Waals surface area (Å²) in [7, 11) is 0. The summed E-state index contributed by atoms with van der Waals surface area (Å²) >= 11 is 0. The molecule has 0 saturated carbocycles. The van der Waals surface area contributed by atoms with Crippen LogP contribution in [0.3, 0.4) is 0 Å². The first-order chi connectivity index (χ1) is 9.70. The number of fused-ring (bicyclic) bond motifs is 1. The Morgan fingerprint density at radius 3 is 2.40 bits per heavy atom. The molecule has 0 spiro atoms. The van der Waals surface area contributed by atoms with Gasteiger partial charge in [0.15, 0.2) is 0 Å². The lowest BCUT2D eigenvalue weighted by atomic mass is 10.0. The number of rotatable bonds is 3. The summed E-state index contributed by atoms with van der Waals surface area (Å²) in [5.41, 5.74) is 5.07. The van der Waals surface area contributed by atoms with Gasteiger partial charge < -0.3 is 4.57 Å². The monoisotopic (exact) mass is 267 g/mol. The lowest BCUT2D eigenvalue weighted by Crippen LogP contribution is -1.98. The lowest BCUT2D eigenvalue weighted by Gasteiger charge is -2.05. The fourth-order valence-electron chi connectivity index (χ4n) is 2.94. The minimum Gasteiger partial charge on any atom is -0.345 e. The first-order valence-electron chi connectivity index (χ1n) is 7.02. The van der Waals surface area contributed by atoms with Crippen molar-refractivity contribution in [3.05, 3.63) is 71.2 Å². The molecule has 0 aliphatic heterocycles. The second-order valence-corrected chi connectivity index (χ2v) is 5.13. The van der Waals surface area contributed by atoms with E-state index in [1.165, 1.54) is 34.3 Å². The Kier molecular flexibility index (Phi) is 3.31. The molecule has 0 amide bonds. The zero-order valence-electron chi connectivity index (χ0n) is 11.9. The van der Waals surface area contributed by atoms with E-state index in [4.69, 9.17) is 0 Å². The van der Waals surface area contributed by atoms with E-state index in [1.807, 2.05) is 12.1 Å². The van der Waals surface area contributed by atoms with Gasteiger partial charge in [0.1, 0.15) is 5.82 Å². The highest BCUT2D eigenvalue weighted by Crippen LogP contribution is 2.27. The van der Waals surface area contributed by atoms with Gasteiger partial charge in [0.05, 0.1) is 0 Å². The fourth-order valence-corrected chi connectivity index (χ4v) is 2.94. The van der Waals surface area contributed by atoms with Gasteiger partial charge in [0.2, 0.25) is 0 Å². The van der Waals surface area contributed by atoms with Crippen molar-refractivity contribution in [2.24, 2.45) is 0 Å². The highest BCUT2D eigenvalue weighted by Gasteiger charge is 2.12. The number of aryl methyl sites for hydroxylation is 1. The summed E-state index contributed by atoms with van der Waals surface area (Å²) in [6.45, 7) is 5.30. The van der Waals surface area contributed by atoms with Crippen LogP contribution in [-0.4, -0.2) is 4.57 Å². The van der Waals surface area contributed by atoms with Crippen molar-refractivity contribution in [3.63, 3.8) is 0 Å². The minimum absolute atomic E-state index is 0.179. The minimum atomic E-state index is -0.179. The summed E-state index contributed by atoms with van der Waals surface area (Å²) in [5.74, 6) is -0.179. The molecule has 2 heteroatoms. The van der Waals surface area contributed by atoms with Gasteiger partial charge in [-0.25, -0.2) is 4.39 Å². The number of aromatic nitrogens is 1. The third kappa shape index (κ3) is 2.11. The van der Waals surface area contributed by atoms with Gasteiger partial charge in [-0.05, 0) is 49.6 Å². The molecule has 102 valence electrons. The highest BCUT2D eigenvalue weighted by atomic mass is 19.1. The standard InChI is InChI=1S/C18H18FN/c1-3-20-13(2)17(16-6-4-5-7-18(16)20)12-14-8-10-15(19)11-9-14/h4-11H,3,12H2,1-2H3. The number of hydrogen-bond donors (Lipinski definition) is 0. The molecule has 1 aromatic heterocycles. The van der Waals surface area contributed by atoms with Crippen molar-refractivity contribution < 1.29 is 4.39 Å². The van der Waals surface area contributed by atoms with Gasteiger partial charge in [0.25, 0.3) is 0 Å². The molecular weight excluding hydrogens is 249 g/mol. The largest absolute Gasteiger partial charge is 0.345 e. The lowest BCUT2D eigenvalue weighted by molar-refractivity contribution is 0.627. The van der Waals surface area contributed by atoms with Gasteiger partial charge in [0, 0.05) is 23.1 Å². The molecule has 0 fully saturated rings. The first kappa shape index (κ1) is 12.9. The number of benzene rings is 2. The van der Waals surface area contributed by atoms with Crippen molar-refractivity contribution in [3.8, 4) is 0 Å². The summed E-state index contributed by atoms with van der Waals surface area (Å²) in [4.78, 5) is 0. The van der Waals surface area contributed by atoms with E-state index in [2.05, 4.69) is 42.7 Å². The Morgan fingerprint density at radius 2 is 1.70 bits per heavy atom. The van der Waals surface area contributed by atoms with Crippen LogP contribution in [0.15, 0.2) is 48.5 Å². The van der Waals surface area contributed by atoms with Gasteiger partial charge in [-0.1, -0.05) is 30.3 Å². The van der Waals surface area contributed by atoms with Crippen LogP contribution in [0.5, 0.6) is 0 Å². The Labute approximate surface area is 118 Å². The second kappa shape index (κ2) is 5.12. The van der Waals surface area contributed by atoms with E-state index in [0.29, 0.717) is 0 Å². The number of nitrogens with zero attached hydrogens (tertiary/aromatic N) is 1. The molecule has 0 aliphatic carbocycles. The number of hydrogen-bond acceptors (Lipinski definition) is 0. The number of para-hydroxylation sites is 1. The highest BCUT2D eigenvalue weighted by molar-refractivity contribution is 5.85. The van der Waals surface area contributed by atoms with Crippen molar-refractivity contribution in [1.82, 2.24) is 4.57 Å². The molecule has 2 aromatic carbocycles. The molecule has 20 heavy (non-hydrogen) atoms. The molecule has 1 heterocycles. The van der Waals surface area contributed by atoms with E-state index < -0.39 is 0 Å². The Hall–Kier alpha value is -2.09. The zero-order valence-corrected chi connectivity index (χ0v) is 11.9. The Morgan fingerprint density at radius 1 is 1.00 bits per heavy atom. The summed E-state index contributed by atoms with van der Waals surface area (Å²) in [6.07, 6.45) is 0.847. The molecule has 0 N–H and O–H groups in total. The van der Waals surface area contributed by atoms with Crippen LogP contribution in [-0.2, 0) is 13.0 Å². The molecule has 0 saturated heterocycles. The van der Waals surface area contributed by atoms with Gasteiger partial charge in [-0.15, -0.1) is 0 Å². The van der Waals surface area contributed by atoms with Crippen molar-refractivity contribution >= 4 is 10.9 Å². The van der Waals surface area contributed by atoms with E-state index in [-0.39, 0.29) is 5.82 Å². The predicted octanol–water partition coefficient (Wildman–Crippen LogP) is 4.70. The first-order valence-corrected chi connectivity index (χ1v) is 7.02. The maximum atomic E-state index is 13.0. The van der Waals surface area contributed by atoms with Crippen molar-refractivity contribution in [1.29, 1.82) is 0 Å². The van der Waals surface area contributed by atoms with Gasteiger partial charge in [-0.2, -0.15) is 0 Å². The summed E-state index contributed by atoms with van der Waals surface area (Å²) in [6, 6.07) is 15.3. The van der Waals surface area contributed by atoms with Gasteiger partial charge >= 0.3 is 0 Å². The third-order valence-electron chi connectivity index (χ3n) is 3.97. The Bertz CT molecular complexity index is 738. The maximum absolute atomic E-state index is 13.0. The van der Waals surface area contributed by atoms with E-state index in [0.717, 1.165) is 18.5 Å². The molecule has 3 aromatic rings. The molecule has 0 radical (unpaired) electrons. The fraction of sp³-hybridized carbons (Fsp3) is 0.222. The second-order valence-electron chi connectivity index (χ2n) is 5.13. The average molecular weight is 267 g/mol. The zero-order chi connectivity index (χ0) is 14.1. The van der Waals surface area contributed by atoms with Crippen LogP contribution in [0.2, 0.25) is 0 Å². The summed E-state index contributed by atoms with van der Waals surface area (Å²) in [5, 5.41) is 1.30. The average Bonchev–Trinajstić information content (AvgIpc) is 2.74. The van der Waals surface area contributed by atoms with Crippen LogP contribution >= 0.6 is 0 Å². The van der Waals surface area contributed by atoms with Crippen LogP contribution in [0, 0.1) is 12.7 Å². The molecule has 0 unspecified atom stereocenters. The molecular formula is C18H18FN.